The number of hydrogen-bond donors (Lipinski definition) is 2. The number of amides is 1. The fourth-order valence-electron chi connectivity index (χ4n) is 1.26. The van der Waals surface area contributed by atoms with Gasteiger partial charge in [-0.3, -0.25) is 4.79 Å². The third kappa shape index (κ3) is 4.36. The van der Waals surface area contributed by atoms with Crippen LogP contribution in [0.5, 0.6) is 5.75 Å². The second kappa shape index (κ2) is 6.15. The van der Waals surface area contributed by atoms with E-state index >= 15 is 0 Å². The van der Waals surface area contributed by atoms with Gasteiger partial charge in [-0.2, -0.15) is 8.78 Å². The highest BCUT2D eigenvalue weighted by molar-refractivity contribution is 5.91. The number of nitrogens with two attached hydrogens (primary N) is 1. The summed E-state index contributed by atoms with van der Waals surface area (Å²) in [6.45, 7) is -1.01. The zero-order valence-electron chi connectivity index (χ0n) is 9.37. The van der Waals surface area contributed by atoms with Crippen LogP contribution in [0.2, 0.25) is 0 Å². The number of carbonyl (C=O) groups excluding carboxylic acids is 1. The summed E-state index contributed by atoms with van der Waals surface area (Å²) in [5, 5.41) is 2.54. The van der Waals surface area contributed by atoms with E-state index in [9.17, 15) is 13.6 Å². The Kier molecular flexibility index (Phi) is 4.84. The van der Waals surface area contributed by atoms with Crippen LogP contribution in [0.3, 0.4) is 0 Å². The Hall–Kier alpha value is -1.69. The number of aryl methyl sites for hydroxylation is 1. The van der Waals surface area contributed by atoms with Crippen molar-refractivity contribution in [3.63, 3.8) is 0 Å². The Morgan fingerprint density at radius 2 is 2.24 bits per heavy atom. The zero-order valence-corrected chi connectivity index (χ0v) is 9.37. The predicted molar refractivity (Wildman–Crippen MR) is 60.1 cm³/mol. The number of alkyl halides is 2. The molecule has 1 aromatic rings. The van der Waals surface area contributed by atoms with E-state index in [-0.39, 0.29) is 24.6 Å². The number of benzene rings is 1. The molecule has 0 heterocycles. The van der Waals surface area contributed by atoms with Gasteiger partial charge >= 0.3 is 6.61 Å². The molecular formula is C11H14F2N2O2. The minimum atomic E-state index is -2.89. The largest absolute Gasteiger partial charge is 0.434 e. The van der Waals surface area contributed by atoms with Gasteiger partial charge in [0.25, 0.3) is 0 Å². The van der Waals surface area contributed by atoms with E-state index in [0.29, 0.717) is 11.3 Å². The number of halogens is 2. The minimum Gasteiger partial charge on any atom is -0.434 e. The maximum absolute atomic E-state index is 12.1. The molecule has 0 saturated carbocycles. The molecule has 0 aliphatic carbocycles. The lowest BCUT2D eigenvalue weighted by molar-refractivity contribution is -0.116. The topological polar surface area (TPSA) is 64.4 Å². The molecule has 0 aromatic heterocycles. The van der Waals surface area contributed by atoms with Crippen molar-refractivity contribution in [3.8, 4) is 5.75 Å². The summed E-state index contributed by atoms with van der Waals surface area (Å²) in [6.07, 6.45) is 0.179. The molecule has 6 heteroatoms. The normalized spacial score (nSPS) is 10.4. The molecule has 0 aliphatic rings. The Morgan fingerprint density at radius 3 is 2.82 bits per heavy atom. The van der Waals surface area contributed by atoms with Crippen molar-refractivity contribution in [2.24, 2.45) is 5.73 Å². The molecular weight excluding hydrogens is 230 g/mol. The van der Waals surface area contributed by atoms with Crippen LogP contribution in [0.15, 0.2) is 18.2 Å². The zero-order chi connectivity index (χ0) is 12.8. The molecule has 17 heavy (non-hydrogen) atoms. The van der Waals surface area contributed by atoms with Gasteiger partial charge in [0.2, 0.25) is 5.91 Å². The van der Waals surface area contributed by atoms with Crippen LogP contribution in [0.4, 0.5) is 14.5 Å². The van der Waals surface area contributed by atoms with Crippen LogP contribution in [-0.2, 0) is 4.79 Å². The molecule has 0 saturated heterocycles. The van der Waals surface area contributed by atoms with Gasteiger partial charge in [0, 0.05) is 24.7 Å². The monoisotopic (exact) mass is 244 g/mol. The lowest BCUT2D eigenvalue weighted by atomic mass is 10.2. The third-order valence-corrected chi connectivity index (χ3v) is 2.06. The summed E-state index contributed by atoms with van der Waals surface area (Å²) in [5.41, 5.74) is 6.20. The first-order valence-electron chi connectivity index (χ1n) is 5.08. The number of hydrogen-bond acceptors (Lipinski definition) is 3. The summed E-state index contributed by atoms with van der Waals surface area (Å²) < 4.78 is 28.5. The van der Waals surface area contributed by atoms with Gasteiger partial charge in [-0.15, -0.1) is 0 Å². The summed E-state index contributed by atoms with van der Waals surface area (Å²) in [5.74, 6) is -0.218. The minimum absolute atomic E-state index is 0.0468. The SMILES string of the molecule is Cc1ccc(NC(=O)CCN)cc1OC(F)F. The highest BCUT2D eigenvalue weighted by atomic mass is 19.3. The number of nitrogens with one attached hydrogen (secondary N) is 1. The van der Waals surface area contributed by atoms with E-state index in [4.69, 9.17) is 5.73 Å². The van der Waals surface area contributed by atoms with E-state index in [1.54, 1.807) is 19.1 Å². The molecule has 0 radical (unpaired) electrons. The molecule has 0 unspecified atom stereocenters. The molecule has 0 aliphatic heterocycles. The van der Waals surface area contributed by atoms with Gasteiger partial charge in [0.15, 0.2) is 0 Å². The Bertz CT molecular complexity index is 397. The first-order chi connectivity index (χ1) is 8.02. The molecule has 1 amide bonds. The van der Waals surface area contributed by atoms with Crippen molar-refractivity contribution < 1.29 is 18.3 Å². The van der Waals surface area contributed by atoms with Gasteiger partial charge < -0.3 is 15.8 Å². The van der Waals surface area contributed by atoms with Crippen LogP contribution >= 0.6 is 0 Å². The molecule has 0 spiro atoms. The fourth-order valence-corrected chi connectivity index (χ4v) is 1.26. The average molecular weight is 244 g/mol. The fraction of sp³-hybridized carbons (Fsp3) is 0.364. The van der Waals surface area contributed by atoms with Crippen molar-refractivity contribution in [2.75, 3.05) is 11.9 Å². The van der Waals surface area contributed by atoms with Gasteiger partial charge in [-0.25, -0.2) is 0 Å². The van der Waals surface area contributed by atoms with Crippen molar-refractivity contribution in [1.29, 1.82) is 0 Å². The number of carbonyl (C=O) groups is 1. The number of anilines is 1. The number of rotatable bonds is 5. The quantitative estimate of drug-likeness (QED) is 0.831. The first kappa shape index (κ1) is 13.4. The van der Waals surface area contributed by atoms with E-state index in [1.807, 2.05) is 0 Å². The molecule has 0 bridgehead atoms. The average Bonchev–Trinajstić information content (AvgIpc) is 2.22. The molecule has 0 atom stereocenters. The second-order valence-electron chi connectivity index (χ2n) is 3.45. The predicted octanol–water partition coefficient (Wildman–Crippen LogP) is 1.88. The van der Waals surface area contributed by atoms with Crippen molar-refractivity contribution >= 4 is 11.6 Å². The van der Waals surface area contributed by atoms with E-state index in [2.05, 4.69) is 10.1 Å². The third-order valence-electron chi connectivity index (χ3n) is 2.06. The Balaban J connectivity index is 2.77. The maximum Gasteiger partial charge on any atom is 0.387 e. The second-order valence-corrected chi connectivity index (χ2v) is 3.45. The maximum atomic E-state index is 12.1. The molecule has 3 N–H and O–H groups in total. The lowest BCUT2D eigenvalue weighted by Crippen LogP contribution is -2.16. The Morgan fingerprint density at radius 1 is 1.53 bits per heavy atom. The summed E-state index contributed by atoms with van der Waals surface area (Å²) in [6, 6.07) is 4.56. The van der Waals surface area contributed by atoms with Crippen LogP contribution in [0.1, 0.15) is 12.0 Å². The smallest absolute Gasteiger partial charge is 0.387 e. The van der Waals surface area contributed by atoms with Crippen molar-refractivity contribution in [2.45, 2.75) is 20.0 Å². The first-order valence-corrected chi connectivity index (χ1v) is 5.08. The molecule has 4 nitrogen and oxygen atoms in total. The lowest BCUT2D eigenvalue weighted by Gasteiger charge is -2.10. The summed E-state index contributed by atoms with van der Waals surface area (Å²) in [4.78, 5) is 11.3. The van der Waals surface area contributed by atoms with Crippen LogP contribution in [0.25, 0.3) is 0 Å². The van der Waals surface area contributed by atoms with Crippen LogP contribution in [-0.4, -0.2) is 19.1 Å². The molecule has 1 aromatic carbocycles. The van der Waals surface area contributed by atoms with Crippen molar-refractivity contribution in [1.82, 2.24) is 0 Å². The Labute approximate surface area is 97.8 Å². The van der Waals surface area contributed by atoms with E-state index < -0.39 is 6.61 Å². The van der Waals surface area contributed by atoms with E-state index in [0.717, 1.165) is 0 Å². The standard InChI is InChI=1S/C11H14F2N2O2/c1-7-2-3-8(15-10(16)4-5-14)6-9(7)17-11(12)13/h2-3,6,11H,4-5,14H2,1H3,(H,15,16). The van der Waals surface area contributed by atoms with Crippen LogP contribution < -0.4 is 15.8 Å². The van der Waals surface area contributed by atoms with Crippen molar-refractivity contribution in [3.05, 3.63) is 23.8 Å². The van der Waals surface area contributed by atoms with Gasteiger partial charge in [0.1, 0.15) is 5.75 Å². The summed E-state index contributed by atoms with van der Waals surface area (Å²) in [7, 11) is 0. The number of ether oxygens (including phenoxy) is 1. The van der Waals surface area contributed by atoms with E-state index in [1.165, 1.54) is 6.07 Å². The van der Waals surface area contributed by atoms with Crippen LogP contribution in [0, 0.1) is 6.92 Å². The molecule has 1 rings (SSSR count). The van der Waals surface area contributed by atoms with Gasteiger partial charge in [-0.1, -0.05) is 6.07 Å². The van der Waals surface area contributed by atoms with Gasteiger partial charge in [0.05, 0.1) is 0 Å². The highest BCUT2D eigenvalue weighted by Gasteiger charge is 2.09. The molecule has 94 valence electrons. The molecule has 0 fully saturated rings. The highest BCUT2D eigenvalue weighted by Crippen LogP contribution is 2.24. The summed E-state index contributed by atoms with van der Waals surface area (Å²) >= 11 is 0. The van der Waals surface area contributed by atoms with Gasteiger partial charge in [-0.05, 0) is 18.6 Å².